The zero-order chi connectivity index (χ0) is 8.55. The van der Waals surface area contributed by atoms with Crippen LogP contribution in [0.2, 0.25) is 0 Å². The SMILES string of the molecule is NNc1ccc2c(c1)C(=O)C=C2. The highest BCUT2D eigenvalue weighted by molar-refractivity contribution is 6.14. The number of ketones is 1. The van der Waals surface area contributed by atoms with Gasteiger partial charge in [-0.15, -0.1) is 0 Å². The van der Waals surface area contributed by atoms with Crippen LogP contribution in [0.5, 0.6) is 0 Å². The van der Waals surface area contributed by atoms with E-state index in [-0.39, 0.29) is 5.78 Å². The molecule has 0 spiro atoms. The molecule has 1 aromatic rings. The number of carbonyl (C=O) groups is 1. The van der Waals surface area contributed by atoms with Crippen LogP contribution in [0.15, 0.2) is 24.3 Å². The summed E-state index contributed by atoms with van der Waals surface area (Å²) in [6.45, 7) is 0. The average molecular weight is 160 g/mol. The maximum atomic E-state index is 11.2. The first kappa shape index (κ1) is 7.06. The van der Waals surface area contributed by atoms with Crippen molar-refractivity contribution in [3.8, 4) is 0 Å². The van der Waals surface area contributed by atoms with Crippen molar-refractivity contribution in [3.63, 3.8) is 0 Å². The Bertz CT molecular complexity index is 369. The van der Waals surface area contributed by atoms with Crippen LogP contribution in [-0.2, 0) is 0 Å². The molecule has 0 saturated heterocycles. The van der Waals surface area contributed by atoms with Gasteiger partial charge in [0.25, 0.3) is 0 Å². The predicted molar refractivity (Wildman–Crippen MR) is 47.6 cm³/mol. The number of nitrogen functional groups attached to an aromatic ring is 1. The summed E-state index contributed by atoms with van der Waals surface area (Å²) in [7, 11) is 0. The van der Waals surface area contributed by atoms with Crippen molar-refractivity contribution in [1.82, 2.24) is 0 Å². The second kappa shape index (κ2) is 2.46. The molecule has 0 fully saturated rings. The number of hydrogen-bond acceptors (Lipinski definition) is 3. The molecule has 0 heterocycles. The normalized spacial score (nSPS) is 13.2. The first-order chi connectivity index (χ1) is 5.81. The number of rotatable bonds is 1. The van der Waals surface area contributed by atoms with Gasteiger partial charge in [0.05, 0.1) is 0 Å². The lowest BCUT2D eigenvalue weighted by Crippen LogP contribution is -2.07. The topological polar surface area (TPSA) is 55.1 Å². The predicted octanol–water partition coefficient (Wildman–Crippen LogP) is 1.18. The number of benzene rings is 1. The van der Waals surface area contributed by atoms with Crippen molar-refractivity contribution in [2.24, 2.45) is 5.84 Å². The maximum Gasteiger partial charge on any atom is 0.186 e. The van der Waals surface area contributed by atoms with E-state index >= 15 is 0 Å². The van der Waals surface area contributed by atoms with Crippen LogP contribution < -0.4 is 11.3 Å². The summed E-state index contributed by atoms with van der Waals surface area (Å²) in [5, 5.41) is 0. The highest BCUT2D eigenvalue weighted by Gasteiger charge is 2.12. The summed E-state index contributed by atoms with van der Waals surface area (Å²) >= 11 is 0. The Balaban J connectivity index is 2.55. The second-order valence-electron chi connectivity index (χ2n) is 2.64. The first-order valence-electron chi connectivity index (χ1n) is 3.64. The fraction of sp³-hybridized carbons (Fsp3) is 0. The number of hydrogen-bond donors (Lipinski definition) is 2. The number of allylic oxidation sites excluding steroid dienone is 1. The van der Waals surface area contributed by atoms with Crippen molar-refractivity contribution in [3.05, 3.63) is 35.4 Å². The van der Waals surface area contributed by atoms with Gasteiger partial charge >= 0.3 is 0 Å². The lowest BCUT2D eigenvalue weighted by atomic mass is 10.1. The third kappa shape index (κ3) is 0.914. The third-order valence-electron chi connectivity index (χ3n) is 1.90. The van der Waals surface area contributed by atoms with Gasteiger partial charge in [0, 0.05) is 11.3 Å². The summed E-state index contributed by atoms with van der Waals surface area (Å²) in [6.07, 6.45) is 3.36. The van der Waals surface area contributed by atoms with Gasteiger partial charge in [0.1, 0.15) is 0 Å². The van der Waals surface area contributed by atoms with Crippen molar-refractivity contribution in [1.29, 1.82) is 0 Å². The number of nitrogens with two attached hydrogens (primary N) is 1. The molecule has 0 amide bonds. The Hall–Kier alpha value is -1.61. The molecular weight excluding hydrogens is 152 g/mol. The fourth-order valence-corrected chi connectivity index (χ4v) is 1.26. The lowest BCUT2D eigenvalue weighted by Gasteiger charge is -2.01. The molecule has 12 heavy (non-hydrogen) atoms. The van der Waals surface area contributed by atoms with Crippen molar-refractivity contribution >= 4 is 17.5 Å². The van der Waals surface area contributed by atoms with Crippen molar-refractivity contribution < 1.29 is 4.79 Å². The number of anilines is 1. The minimum Gasteiger partial charge on any atom is -0.324 e. The van der Waals surface area contributed by atoms with Gasteiger partial charge in [-0.3, -0.25) is 10.6 Å². The highest BCUT2D eigenvalue weighted by atomic mass is 16.1. The summed E-state index contributed by atoms with van der Waals surface area (Å²) in [5.74, 6) is 5.25. The molecule has 60 valence electrons. The molecule has 3 nitrogen and oxygen atoms in total. The van der Waals surface area contributed by atoms with Crippen LogP contribution in [0.4, 0.5) is 5.69 Å². The molecule has 1 aromatic carbocycles. The summed E-state index contributed by atoms with van der Waals surface area (Å²) in [4.78, 5) is 11.2. The number of fused-ring (bicyclic) bond motifs is 1. The number of nitrogens with one attached hydrogen (secondary N) is 1. The molecule has 2 rings (SSSR count). The smallest absolute Gasteiger partial charge is 0.186 e. The van der Waals surface area contributed by atoms with Gasteiger partial charge < -0.3 is 5.43 Å². The number of hydrazine groups is 1. The second-order valence-corrected chi connectivity index (χ2v) is 2.64. The van der Waals surface area contributed by atoms with Gasteiger partial charge in [-0.25, -0.2) is 0 Å². The van der Waals surface area contributed by atoms with E-state index in [4.69, 9.17) is 5.84 Å². The van der Waals surface area contributed by atoms with E-state index in [1.807, 2.05) is 12.1 Å². The van der Waals surface area contributed by atoms with E-state index in [2.05, 4.69) is 5.43 Å². The average Bonchev–Trinajstić information content (AvgIpc) is 2.47. The first-order valence-corrected chi connectivity index (χ1v) is 3.64. The molecule has 0 aliphatic heterocycles. The van der Waals surface area contributed by atoms with E-state index in [1.165, 1.54) is 0 Å². The van der Waals surface area contributed by atoms with E-state index in [0.29, 0.717) is 5.56 Å². The number of carbonyl (C=O) groups excluding carboxylic acids is 1. The van der Waals surface area contributed by atoms with Crippen LogP contribution in [0, 0.1) is 0 Å². The molecule has 3 N–H and O–H groups in total. The van der Waals surface area contributed by atoms with Gasteiger partial charge in [-0.1, -0.05) is 12.1 Å². The molecular formula is C9H8N2O. The minimum absolute atomic E-state index is 0.0436. The molecule has 0 atom stereocenters. The monoisotopic (exact) mass is 160 g/mol. The standard InChI is InChI=1S/C9H8N2O/c10-11-7-3-1-6-2-4-9(12)8(6)5-7/h1-5,11H,10H2. The summed E-state index contributed by atoms with van der Waals surface area (Å²) in [6, 6.07) is 5.45. The Morgan fingerprint density at radius 1 is 1.25 bits per heavy atom. The van der Waals surface area contributed by atoms with E-state index in [1.54, 1.807) is 18.2 Å². The molecule has 0 saturated carbocycles. The summed E-state index contributed by atoms with van der Waals surface area (Å²) < 4.78 is 0. The van der Waals surface area contributed by atoms with Crippen LogP contribution in [0.25, 0.3) is 6.08 Å². The third-order valence-corrected chi connectivity index (χ3v) is 1.90. The molecule has 1 aliphatic rings. The van der Waals surface area contributed by atoms with Crippen LogP contribution in [0.1, 0.15) is 15.9 Å². The van der Waals surface area contributed by atoms with Crippen LogP contribution >= 0.6 is 0 Å². The van der Waals surface area contributed by atoms with Gasteiger partial charge in [-0.2, -0.15) is 0 Å². The van der Waals surface area contributed by atoms with E-state index in [0.717, 1.165) is 11.3 Å². The Kier molecular flexibility index (Phi) is 1.45. The quantitative estimate of drug-likeness (QED) is 0.479. The Morgan fingerprint density at radius 2 is 2.08 bits per heavy atom. The zero-order valence-corrected chi connectivity index (χ0v) is 6.37. The Morgan fingerprint density at radius 3 is 2.83 bits per heavy atom. The molecule has 1 aliphatic carbocycles. The van der Waals surface area contributed by atoms with E-state index in [9.17, 15) is 4.79 Å². The molecule has 3 heteroatoms. The highest BCUT2D eigenvalue weighted by Crippen LogP contribution is 2.22. The lowest BCUT2D eigenvalue weighted by molar-refractivity contribution is 0.105. The van der Waals surface area contributed by atoms with Crippen LogP contribution in [-0.4, -0.2) is 5.78 Å². The van der Waals surface area contributed by atoms with E-state index < -0.39 is 0 Å². The largest absolute Gasteiger partial charge is 0.324 e. The molecule has 0 radical (unpaired) electrons. The van der Waals surface area contributed by atoms with Crippen molar-refractivity contribution in [2.45, 2.75) is 0 Å². The summed E-state index contributed by atoms with van der Waals surface area (Å²) in [5.41, 5.74) is 4.92. The van der Waals surface area contributed by atoms with Gasteiger partial charge in [-0.05, 0) is 23.8 Å². The van der Waals surface area contributed by atoms with Crippen molar-refractivity contribution in [2.75, 3.05) is 5.43 Å². The van der Waals surface area contributed by atoms with Crippen LogP contribution in [0.3, 0.4) is 0 Å². The molecule has 0 aromatic heterocycles. The minimum atomic E-state index is 0.0436. The molecule has 0 bridgehead atoms. The van der Waals surface area contributed by atoms with Gasteiger partial charge in [0.15, 0.2) is 5.78 Å². The fourth-order valence-electron chi connectivity index (χ4n) is 1.26. The Labute approximate surface area is 69.9 Å². The zero-order valence-electron chi connectivity index (χ0n) is 6.37. The molecule has 0 unspecified atom stereocenters. The maximum absolute atomic E-state index is 11.2. The van der Waals surface area contributed by atoms with Gasteiger partial charge in [0.2, 0.25) is 0 Å².